The van der Waals surface area contributed by atoms with Crippen molar-refractivity contribution in [2.75, 3.05) is 0 Å². The molecule has 0 atom stereocenters. The van der Waals surface area contributed by atoms with E-state index in [0.29, 0.717) is 5.56 Å². The highest BCUT2D eigenvalue weighted by molar-refractivity contribution is 9.10. The van der Waals surface area contributed by atoms with Gasteiger partial charge in [0, 0.05) is 21.3 Å². The molecule has 19 heavy (non-hydrogen) atoms. The number of carbonyl (C=O) groups is 1. The maximum atomic E-state index is 12.1. The fraction of sp³-hybridized carbons (Fsp3) is 0.154. The molecule has 0 saturated carbocycles. The van der Waals surface area contributed by atoms with Crippen LogP contribution in [0.1, 0.15) is 15.2 Å². The van der Waals surface area contributed by atoms with Gasteiger partial charge in [0.2, 0.25) is 0 Å². The van der Waals surface area contributed by atoms with Crippen LogP contribution in [0.4, 0.5) is 8.78 Å². The number of thiophene rings is 1. The van der Waals surface area contributed by atoms with Crippen LogP contribution in [0, 0.1) is 0 Å². The molecule has 6 heteroatoms. The smallest absolute Gasteiger partial charge is 0.387 e. The number of alkyl halides is 2. The second kappa shape index (κ2) is 6.25. The highest BCUT2D eigenvalue weighted by Crippen LogP contribution is 2.25. The molecule has 100 valence electrons. The summed E-state index contributed by atoms with van der Waals surface area (Å²) in [7, 11) is 0. The number of halogens is 3. The lowest BCUT2D eigenvalue weighted by atomic mass is 10.1. The van der Waals surface area contributed by atoms with Gasteiger partial charge in [-0.05, 0) is 39.5 Å². The first kappa shape index (κ1) is 14.1. The molecule has 0 unspecified atom stereocenters. The van der Waals surface area contributed by atoms with E-state index in [-0.39, 0.29) is 18.0 Å². The average molecular weight is 347 g/mol. The summed E-state index contributed by atoms with van der Waals surface area (Å²) < 4.78 is 29.4. The molecule has 0 bridgehead atoms. The molecule has 2 rings (SSSR count). The lowest BCUT2D eigenvalue weighted by molar-refractivity contribution is -0.0498. The standard InChI is InChI=1S/C13H9BrF2O2S/c14-10-4-5-19-12(10)7-11(17)8-2-1-3-9(6-8)18-13(15)16/h1-6,13H,7H2. The Morgan fingerprint density at radius 3 is 2.79 bits per heavy atom. The second-order valence-corrected chi connectivity index (χ2v) is 5.55. The average Bonchev–Trinajstić information content (AvgIpc) is 2.74. The van der Waals surface area contributed by atoms with Gasteiger partial charge in [-0.3, -0.25) is 4.79 Å². The number of ether oxygens (including phenoxy) is 1. The zero-order chi connectivity index (χ0) is 13.8. The molecule has 0 radical (unpaired) electrons. The largest absolute Gasteiger partial charge is 0.435 e. The fourth-order valence-corrected chi connectivity index (χ4v) is 3.04. The summed E-state index contributed by atoms with van der Waals surface area (Å²) in [6.45, 7) is -2.89. The van der Waals surface area contributed by atoms with Crippen LogP contribution in [0.3, 0.4) is 0 Å². The van der Waals surface area contributed by atoms with Gasteiger partial charge in [0.05, 0.1) is 0 Å². The van der Waals surface area contributed by atoms with E-state index in [1.54, 1.807) is 6.07 Å². The van der Waals surface area contributed by atoms with Crippen molar-refractivity contribution >= 4 is 33.0 Å². The SMILES string of the molecule is O=C(Cc1sccc1Br)c1cccc(OC(F)F)c1. The van der Waals surface area contributed by atoms with E-state index in [1.165, 1.54) is 29.5 Å². The van der Waals surface area contributed by atoms with Crippen molar-refractivity contribution in [3.8, 4) is 5.75 Å². The first-order valence-electron chi connectivity index (χ1n) is 5.36. The molecular formula is C13H9BrF2O2S. The maximum absolute atomic E-state index is 12.1. The monoisotopic (exact) mass is 346 g/mol. The van der Waals surface area contributed by atoms with Crippen LogP contribution < -0.4 is 4.74 Å². The number of carbonyl (C=O) groups excluding carboxylic acids is 1. The van der Waals surface area contributed by atoms with Gasteiger partial charge in [-0.2, -0.15) is 8.78 Å². The first-order chi connectivity index (χ1) is 9.06. The van der Waals surface area contributed by atoms with E-state index >= 15 is 0 Å². The molecule has 0 aliphatic rings. The number of Topliss-reactive ketones (excluding diaryl/α,β-unsaturated/α-hetero) is 1. The third kappa shape index (κ3) is 3.84. The Hall–Kier alpha value is -1.27. The van der Waals surface area contributed by atoms with Gasteiger partial charge in [0.25, 0.3) is 0 Å². The molecule has 2 nitrogen and oxygen atoms in total. The van der Waals surface area contributed by atoms with E-state index in [9.17, 15) is 13.6 Å². The predicted molar refractivity (Wildman–Crippen MR) is 73.1 cm³/mol. The number of hydrogen-bond donors (Lipinski definition) is 0. The molecule has 0 aliphatic carbocycles. The van der Waals surface area contributed by atoms with Gasteiger partial charge in [-0.25, -0.2) is 0 Å². The van der Waals surface area contributed by atoms with Gasteiger partial charge in [-0.15, -0.1) is 11.3 Å². The predicted octanol–water partition coefficient (Wildman–Crippen LogP) is 4.54. The third-order valence-electron chi connectivity index (χ3n) is 2.39. The summed E-state index contributed by atoms with van der Waals surface area (Å²) in [5.74, 6) is -0.144. The van der Waals surface area contributed by atoms with Crippen molar-refractivity contribution in [3.63, 3.8) is 0 Å². The van der Waals surface area contributed by atoms with E-state index in [1.807, 2.05) is 11.4 Å². The van der Waals surface area contributed by atoms with Crippen LogP contribution in [-0.2, 0) is 6.42 Å². The van der Waals surface area contributed by atoms with Crippen LogP contribution in [0.2, 0.25) is 0 Å². The minimum Gasteiger partial charge on any atom is -0.435 e. The first-order valence-corrected chi connectivity index (χ1v) is 7.03. The minimum absolute atomic E-state index is 0.00825. The lowest BCUT2D eigenvalue weighted by Crippen LogP contribution is -2.05. The number of ketones is 1. The van der Waals surface area contributed by atoms with Crippen molar-refractivity contribution in [1.29, 1.82) is 0 Å². The van der Waals surface area contributed by atoms with Crippen molar-refractivity contribution in [2.24, 2.45) is 0 Å². The van der Waals surface area contributed by atoms with Gasteiger partial charge < -0.3 is 4.74 Å². The van der Waals surface area contributed by atoms with Crippen LogP contribution >= 0.6 is 27.3 Å². The van der Waals surface area contributed by atoms with Crippen molar-refractivity contribution < 1.29 is 18.3 Å². The van der Waals surface area contributed by atoms with Crippen molar-refractivity contribution in [1.82, 2.24) is 0 Å². The Balaban J connectivity index is 2.13. The molecular weight excluding hydrogens is 338 g/mol. The van der Waals surface area contributed by atoms with E-state index in [2.05, 4.69) is 20.7 Å². The summed E-state index contributed by atoms with van der Waals surface area (Å²) >= 11 is 4.82. The topological polar surface area (TPSA) is 26.3 Å². The summed E-state index contributed by atoms with van der Waals surface area (Å²) in [5, 5.41) is 1.88. The molecule has 2 aromatic rings. The Labute approximate surface area is 121 Å². The summed E-state index contributed by atoms with van der Waals surface area (Å²) in [6, 6.07) is 7.69. The zero-order valence-electron chi connectivity index (χ0n) is 9.61. The molecule has 0 N–H and O–H groups in total. The quantitative estimate of drug-likeness (QED) is 0.743. The summed E-state index contributed by atoms with van der Waals surface area (Å²) in [4.78, 5) is 13.0. The molecule has 0 fully saturated rings. The molecule has 0 spiro atoms. The third-order valence-corrected chi connectivity index (χ3v) is 4.32. The minimum atomic E-state index is -2.89. The van der Waals surface area contributed by atoms with E-state index in [4.69, 9.17) is 0 Å². The number of rotatable bonds is 5. The molecule has 1 heterocycles. The Kier molecular flexibility index (Phi) is 4.66. The van der Waals surface area contributed by atoms with Crippen LogP contribution in [0.5, 0.6) is 5.75 Å². The van der Waals surface area contributed by atoms with Crippen LogP contribution in [0.15, 0.2) is 40.2 Å². The maximum Gasteiger partial charge on any atom is 0.387 e. The highest BCUT2D eigenvalue weighted by atomic mass is 79.9. The van der Waals surface area contributed by atoms with Crippen LogP contribution in [-0.4, -0.2) is 12.4 Å². The molecule has 0 aliphatic heterocycles. The summed E-state index contributed by atoms with van der Waals surface area (Å²) in [6.07, 6.45) is 0.233. The number of benzene rings is 1. The van der Waals surface area contributed by atoms with Gasteiger partial charge in [0.15, 0.2) is 5.78 Å². The van der Waals surface area contributed by atoms with E-state index < -0.39 is 6.61 Å². The van der Waals surface area contributed by atoms with E-state index in [0.717, 1.165) is 9.35 Å². The van der Waals surface area contributed by atoms with Crippen LogP contribution in [0.25, 0.3) is 0 Å². The fourth-order valence-electron chi connectivity index (χ4n) is 1.54. The molecule has 0 saturated heterocycles. The lowest BCUT2D eigenvalue weighted by Gasteiger charge is -2.06. The van der Waals surface area contributed by atoms with Gasteiger partial charge in [0.1, 0.15) is 5.75 Å². The molecule has 0 amide bonds. The van der Waals surface area contributed by atoms with Gasteiger partial charge in [-0.1, -0.05) is 12.1 Å². The second-order valence-electron chi connectivity index (χ2n) is 3.70. The Bertz CT molecular complexity index is 584. The van der Waals surface area contributed by atoms with Crippen molar-refractivity contribution in [2.45, 2.75) is 13.0 Å². The Morgan fingerprint density at radius 2 is 2.16 bits per heavy atom. The number of hydrogen-bond acceptors (Lipinski definition) is 3. The molecule has 1 aromatic heterocycles. The normalized spacial score (nSPS) is 10.7. The van der Waals surface area contributed by atoms with Gasteiger partial charge >= 0.3 is 6.61 Å². The molecule has 1 aromatic carbocycles. The van der Waals surface area contributed by atoms with Crippen molar-refractivity contribution in [3.05, 3.63) is 50.6 Å². The zero-order valence-corrected chi connectivity index (χ0v) is 12.0. The summed E-state index contributed by atoms with van der Waals surface area (Å²) in [5.41, 5.74) is 0.360. The highest BCUT2D eigenvalue weighted by Gasteiger charge is 2.12. The Morgan fingerprint density at radius 1 is 1.37 bits per heavy atom.